The Balaban J connectivity index is 2.50. The van der Waals surface area contributed by atoms with Crippen LogP contribution >= 0.6 is 27.7 Å². The maximum absolute atomic E-state index is 12.2. The van der Waals surface area contributed by atoms with Gasteiger partial charge in [-0.15, -0.1) is 11.8 Å². The molecule has 3 atom stereocenters. The molecule has 0 unspecified atom stereocenters. The van der Waals surface area contributed by atoms with Gasteiger partial charge in [-0.2, -0.15) is 0 Å². The molecule has 0 spiro atoms. The molecule has 1 heterocycles. The molecule has 22 heavy (non-hydrogen) atoms. The number of hydrogen-bond donors (Lipinski definition) is 1. The lowest BCUT2D eigenvalue weighted by Crippen LogP contribution is -2.43. The van der Waals surface area contributed by atoms with E-state index in [0.29, 0.717) is 5.56 Å². The Morgan fingerprint density at radius 1 is 1.32 bits per heavy atom. The molecule has 6 nitrogen and oxygen atoms in total. The van der Waals surface area contributed by atoms with Crippen LogP contribution in [-0.4, -0.2) is 50.9 Å². The number of carbonyl (C=O) groups excluding carboxylic acids is 2. The summed E-state index contributed by atoms with van der Waals surface area (Å²) in [6, 6.07) is 8.22. The largest absolute Gasteiger partial charge is 0.479 e. The Labute approximate surface area is 139 Å². The van der Waals surface area contributed by atoms with E-state index in [4.69, 9.17) is 4.74 Å². The van der Waals surface area contributed by atoms with Crippen LogP contribution in [0.2, 0.25) is 0 Å². The van der Waals surface area contributed by atoms with Gasteiger partial charge in [0.2, 0.25) is 5.91 Å². The van der Waals surface area contributed by atoms with Crippen LogP contribution in [0.1, 0.15) is 11.6 Å². The second-order valence-electron chi connectivity index (χ2n) is 4.56. The number of thioether (sulfide) groups is 1. The van der Waals surface area contributed by atoms with Crippen molar-refractivity contribution in [3.63, 3.8) is 0 Å². The Morgan fingerprint density at radius 3 is 2.45 bits per heavy atom. The van der Waals surface area contributed by atoms with E-state index in [9.17, 15) is 19.5 Å². The minimum absolute atomic E-state index is 0.0193. The van der Waals surface area contributed by atoms with Gasteiger partial charge in [-0.05, 0) is 5.56 Å². The molecule has 2 rings (SSSR count). The zero-order valence-corrected chi connectivity index (χ0v) is 14.0. The number of esters is 1. The monoisotopic (exact) mass is 387 g/mol. The van der Waals surface area contributed by atoms with E-state index in [2.05, 4.69) is 15.9 Å². The van der Waals surface area contributed by atoms with Gasteiger partial charge in [-0.25, -0.2) is 4.79 Å². The molecule has 1 amide bonds. The molecular formula is C14H14BrNO5S. The summed E-state index contributed by atoms with van der Waals surface area (Å²) in [5, 5.41) is 7.46. The number of methoxy groups -OCH3 is 1. The van der Waals surface area contributed by atoms with Gasteiger partial charge in [0.1, 0.15) is 5.25 Å². The second-order valence-corrected chi connectivity index (χ2v) is 6.35. The molecule has 1 aliphatic heterocycles. The average molecular weight is 388 g/mol. The third kappa shape index (κ3) is 3.12. The number of amides is 1. The lowest BCUT2D eigenvalue weighted by atomic mass is 10.0. The molecule has 1 N–H and O–H groups in total. The number of carbonyl (C=O) groups is 3. The highest BCUT2D eigenvalue weighted by Crippen LogP contribution is 2.45. The van der Waals surface area contributed by atoms with Crippen LogP contribution in [0.25, 0.3) is 0 Å². The predicted octanol–water partition coefficient (Wildman–Crippen LogP) is 1.65. The van der Waals surface area contributed by atoms with Gasteiger partial charge >= 0.3 is 11.9 Å². The van der Waals surface area contributed by atoms with Gasteiger partial charge in [0, 0.05) is 0 Å². The molecular weight excluding hydrogens is 374 g/mol. The van der Waals surface area contributed by atoms with Gasteiger partial charge in [-0.1, -0.05) is 46.3 Å². The maximum atomic E-state index is 12.2. The number of ether oxygens (including phenoxy) is 1. The van der Waals surface area contributed by atoms with Crippen LogP contribution in [-0.2, 0) is 19.1 Å². The van der Waals surface area contributed by atoms with E-state index in [-0.39, 0.29) is 11.2 Å². The molecule has 0 radical (unpaired) electrons. The number of carboxylic acid groups (broad SMARTS) is 1. The lowest BCUT2D eigenvalue weighted by molar-refractivity contribution is -0.148. The SMILES string of the molecule is COC(=O)[C@@H]1S[C@@H](C(=O)O)N(C(=O)CBr)[C@H]1c1ccccc1. The third-order valence-electron chi connectivity index (χ3n) is 3.30. The van der Waals surface area contributed by atoms with Crippen LogP contribution in [0, 0.1) is 0 Å². The molecule has 1 aromatic rings. The lowest BCUT2D eigenvalue weighted by Gasteiger charge is -2.28. The van der Waals surface area contributed by atoms with Crippen molar-refractivity contribution in [2.24, 2.45) is 0 Å². The first-order valence-electron chi connectivity index (χ1n) is 6.39. The van der Waals surface area contributed by atoms with Crippen molar-refractivity contribution >= 4 is 45.5 Å². The number of carboxylic acids is 1. The number of alkyl halides is 1. The Kier molecular flexibility index (Phi) is 5.47. The first-order valence-corrected chi connectivity index (χ1v) is 8.45. The minimum atomic E-state index is -1.16. The van der Waals surface area contributed by atoms with Gasteiger partial charge in [0.25, 0.3) is 0 Å². The minimum Gasteiger partial charge on any atom is -0.479 e. The Morgan fingerprint density at radius 2 is 1.95 bits per heavy atom. The number of hydrogen-bond acceptors (Lipinski definition) is 5. The topological polar surface area (TPSA) is 83.9 Å². The van der Waals surface area contributed by atoms with Crippen molar-refractivity contribution in [1.82, 2.24) is 4.90 Å². The van der Waals surface area contributed by atoms with Gasteiger partial charge in [0.05, 0.1) is 18.5 Å². The highest BCUT2D eigenvalue weighted by molar-refractivity contribution is 9.09. The molecule has 0 aliphatic carbocycles. The number of benzene rings is 1. The standard InChI is InChI=1S/C14H14BrNO5S/c1-21-14(20)11-10(8-5-3-2-4-6-8)16(9(17)7-15)12(22-11)13(18)19/h2-6,10-12H,7H2,1H3,(H,18,19)/t10-,11+,12-/m0/s1. The molecule has 0 aromatic heterocycles. The van der Waals surface area contributed by atoms with Crippen LogP contribution < -0.4 is 0 Å². The molecule has 1 aromatic carbocycles. The molecule has 8 heteroatoms. The predicted molar refractivity (Wildman–Crippen MR) is 84.6 cm³/mol. The van der Waals surface area contributed by atoms with Gasteiger partial charge in [0.15, 0.2) is 5.37 Å². The van der Waals surface area contributed by atoms with Crippen molar-refractivity contribution in [2.75, 3.05) is 12.4 Å². The highest BCUT2D eigenvalue weighted by atomic mass is 79.9. The van der Waals surface area contributed by atoms with E-state index >= 15 is 0 Å². The zero-order valence-electron chi connectivity index (χ0n) is 11.6. The van der Waals surface area contributed by atoms with Crippen molar-refractivity contribution in [2.45, 2.75) is 16.7 Å². The first-order chi connectivity index (χ1) is 10.5. The van der Waals surface area contributed by atoms with Crippen molar-refractivity contribution in [1.29, 1.82) is 0 Å². The highest BCUT2D eigenvalue weighted by Gasteiger charge is 2.51. The number of halogens is 1. The molecule has 0 saturated carbocycles. The van der Waals surface area contributed by atoms with Crippen molar-refractivity contribution in [3.8, 4) is 0 Å². The fourth-order valence-corrected chi connectivity index (χ4v) is 4.10. The van der Waals surface area contributed by atoms with Crippen LogP contribution in [0.5, 0.6) is 0 Å². The van der Waals surface area contributed by atoms with Crippen LogP contribution in [0.3, 0.4) is 0 Å². The Hall–Kier alpha value is -1.54. The van der Waals surface area contributed by atoms with Crippen molar-refractivity contribution in [3.05, 3.63) is 35.9 Å². The number of rotatable bonds is 4. The maximum Gasteiger partial charge on any atom is 0.337 e. The van der Waals surface area contributed by atoms with E-state index in [1.807, 2.05) is 6.07 Å². The zero-order chi connectivity index (χ0) is 16.3. The third-order valence-corrected chi connectivity index (χ3v) is 5.21. The first kappa shape index (κ1) is 16.8. The summed E-state index contributed by atoms with van der Waals surface area (Å²) in [4.78, 5) is 37.0. The van der Waals surface area contributed by atoms with E-state index in [1.165, 1.54) is 12.0 Å². The van der Waals surface area contributed by atoms with Crippen LogP contribution in [0.15, 0.2) is 30.3 Å². The summed E-state index contributed by atoms with van der Waals surface area (Å²) >= 11 is 3.98. The molecule has 1 saturated heterocycles. The van der Waals surface area contributed by atoms with E-state index in [0.717, 1.165) is 11.8 Å². The Bertz CT molecular complexity index is 582. The summed E-state index contributed by atoms with van der Waals surface area (Å²) in [6.45, 7) is 0. The fourth-order valence-electron chi connectivity index (χ4n) is 2.39. The fraction of sp³-hybridized carbons (Fsp3) is 0.357. The molecule has 1 aliphatic rings. The number of nitrogens with zero attached hydrogens (tertiary/aromatic N) is 1. The van der Waals surface area contributed by atoms with E-state index in [1.54, 1.807) is 24.3 Å². The second kappa shape index (κ2) is 7.15. The summed E-state index contributed by atoms with van der Waals surface area (Å²) in [5.74, 6) is -2.10. The molecule has 0 bridgehead atoms. The van der Waals surface area contributed by atoms with Gasteiger partial charge in [-0.3, -0.25) is 9.59 Å². The summed E-state index contributed by atoms with van der Waals surface area (Å²) in [5.41, 5.74) is 0.698. The van der Waals surface area contributed by atoms with Crippen LogP contribution in [0.4, 0.5) is 0 Å². The smallest absolute Gasteiger partial charge is 0.337 e. The summed E-state index contributed by atoms with van der Waals surface area (Å²) in [6.07, 6.45) is 0. The summed E-state index contributed by atoms with van der Waals surface area (Å²) in [7, 11) is 1.25. The average Bonchev–Trinajstić information content (AvgIpc) is 2.94. The summed E-state index contributed by atoms with van der Waals surface area (Å²) < 4.78 is 4.77. The quantitative estimate of drug-likeness (QED) is 0.624. The van der Waals surface area contributed by atoms with Crippen molar-refractivity contribution < 1.29 is 24.2 Å². The molecule has 118 valence electrons. The normalized spacial score (nSPS) is 24.1. The van der Waals surface area contributed by atoms with Gasteiger partial charge < -0.3 is 14.7 Å². The van der Waals surface area contributed by atoms with E-state index < -0.39 is 28.6 Å². The number of aliphatic carboxylic acids is 1. The molecule has 1 fully saturated rings.